The molecule has 15 heavy (non-hydrogen) atoms. The van der Waals surface area contributed by atoms with Crippen molar-refractivity contribution in [3.05, 3.63) is 11.8 Å². The summed E-state index contributed by atoms with van der Waals surface area (Å²) >= 11 is 0. The molecule has 0 spiro atoms. The zero-order valence-electron chi connectivity index (χ0n) is 6.81. The molecular formula is C6H3F5O3S. The zero-order chi connectivity index (χ0) is 11.7. The van der Waals surface area contributed by atoms with Crippen LogP contribution in [0.4, 0.5) is 22.0 Å². The summed E-state index contributed by atoms with van der Waals surface area (Å²) < 4.78 is 89.6. The molecule has 0 aromatic carbocycles. The van der Waals surface area contributed by atoms with Crippen molar-refractivity contribution in [1.29, 1.82) is 0 Å². The van der Waals surface area contributed by atoms with Crippen molar-refractivity contribution in [1.82, 2.24) is 0 Å². The molecule has 0 aromatic rings. The summed E-state index contributed by atoms with van der Waals surface area (Å²) in [4.78, 5) is 0. The van der Waals surface area contributed by atoms with Gasteiger partial charge in [-0.2, -0.15) is 26.0 Å². The van der Waals surface area contributed by atoms with Crippen LogP contribution in [-0.2, 0) is 14.3 Å². The smallest absolute Gasteiger partial charge is 0.371 e. The molecule has 0 radical (unpaired) electrons. The second-order valence-corrected chi connectivity index (χ2v) is 4.82. The van der Waals surface area contributed by atoms with E-state index in [9.17, 15) is 30.4 Å². The summed E-state index contributed by atoms with van der Waals surface area (Å²) in [5.41, 5.74) is 0. The maximum absolute atomic E-state index is 13.4. The molecule has 0 N–H and O–H groups in total. The van der Waals surface area contributed by atoms with Gasteiger partial charge in [0.15, 0.2) is 5.76 Å². The second-order valence-electron chi connectivity index (χ2n) is 3.18. The van der Waals surface area contributed by atoms with Crippen LogP contribution in [0.5, 0.6) is 0 Å². The number of halogens is 5. The van der Waals surface area contributed by atoms with Crippen molar-refractivity contribution in [3.8, 4) is 0 Å². The monoisotopic (exact) mass is 250 g/mol. The summed E-state index contributed by atoms with van der Waals surface area (Å²) in [6.45, 7) is 0. The van der Waals surface area contributed by atoms with Crippen molar-refractivity contribution in [2.75, 3.05) is 0 Å². The van der Waals surface area contributed by atoms with E-state index in [-0.39, 0.29) is 0 Å². The molecule has 3 nitrogen and oxygen atoms in total. The maximum Gasteiger partial charge on any atom is 0.371 e. The lowest BCUT2D eigenvalue weighted by molar-refractivity contribution is -0.259. The Kier molecular flexibility index (Phi) is 1.62. The van der Waals surface area contributed by atoms with Gasteiger partial charge in [-0.25, -0.2) is 4.39 Å². The molecule has 1 fully saturated rings. The minimum absolute atomic E-state index is 0.318. The third-order valence-electron chi connectivity index (χ3n) is 2.27. The molecule has 0 bridgehead atoms. The van der Waals surface area contributed by atoms with Crippen LogP contribution >= 0.6 is 0 Å². The first kappa shape index (κ1) is 10.7. The highest BCUT2D eigenvalue weighted by molar-refractivity contribution is 7.89. The molecule has 1 aliphatic heterocycles. The fraction of sp³-hybridized carbons (Fsp3) is 0.667. The Hall–Kier alpha value is -0.860. The van der Waals surface area contributed by atoms with E-state index >= 15 is 0 Å². The van der Waals surface area contributed by atoms with E-state index in [1.54, 1.807) is 0 Å². The average Bonchev–Trinajstić information content (AvgIpc) is 2.08. The van der Waals surface area contributed by atoms with Crippen molar-refractivity contribution in [2.45, 2.75) is 23.3 Å². The van der Waals surface area contributed by atoms with Gasteiger partial charge >= 0.3 is 27.0 Å². The summed E-state index contributed by atoms with van der Waals surface area (Å²) in [6.07, 6.45) is -1.14. The van der Waals surface area contributed by atoms with Crippen molar-refractivity contribution < 1.29 is 34.6 Å². The third kappa shape index (κ3) is 0.876. The van der Waals surface area contributed by atoms with E-state index < -0.39 is 39.1 Å². The van der Waals surface area contributed by atoms with E-state index in [0.717, 1.165) is 0 Å². The number of alkyl halides is 5. The van der Waals surface area contributed by atoms with Crippen LogP contribution in [0.15, 0.2) is 11.8 Å². The van der Waals surface area contributed by atoms with E-state index in [4.69, 9.17) is 0 Å². The van der Waals surface area contributed by atoms with Gasteiger partial charge in [0.05, 0.1) is 0 Å². The molecule has 2 rings (SSSR count). The van der Waals surface area contributed by atoms with E-state index in [2.05, 4.69) is 4.18 Å². The number of rotatable bonds is 0. The summed E-state index contributed by atoms with van der Waals surface area (Å²) in [6, 6.07) is 0. The van der Waals surface area contributed by atoms with Gasteiger partial charge in [-0.15, -0.1) is 0 Å². The van der Waals surface area contributed by atoms with Gasteiger partial charge < -0.3 is 4.18 Å². The van der Waals surface area contributed by atoms with Crippen LogP contribution in [-0.4, -0.2) is 25.3 Å². The van der Waals surface area contributed by atoms with Crippen molar-refractivity contribution in [2.24, 2.45) is 0 Å². The van der Waals surface area contributed by atoms with E-state index in [1.807, 2.05) is 0 Å². The highest BCUT2D eigenvalue weighted by Crippen LogP contribution is 2.61. The largest absolute Gasteiger partial charge is 0.379 e. The van der Waals surface area contributed by atoms with Crippen LogP contribution in [0.2, 0.25) is 0 Å². The Balaban J connectivity index is 2.67. The number of hydrogen-bond acceptors (Lipinski definition) is 3. The number of allylic oxidation sites excluding steroid dienone is 1. The normalized spacial score (nSPS) is 39.4. The lowest BCUT2D eigenvalue weighted by Gasteiger charge is -2.45. The molecule has 0 amide bonds. The molecular weight excluding hydrogens is 247 g/mol. The van der Waals surface area contributed by atoms with Gasteiger partial charge in [-0.3, -0.25) is 0 Å². The molecule has 9 heteroatoms. The highest BCUT2D eigenvalue weighted by Gasteiger charge is 2.85. The lowest BCUT2D eigenvalue weighted by atomic mass is 9.95. The van der Waals surface area contributed by atoms with Crippen LogP contribution < -0.4 is 0 Å². The van der Waals surface area contributed by atoms with Gasteiger partial charge in [0.1, 0.15) is 0 Å². The van der Waals surface area contributed by atoms with Gasteiger partial charge in [0, 0.05) is 6.42 Å². The minimum atomic E-state index is -5.33. The Morgan fingerprint density at radius 2 is 1.73 bits per heavy atom. The average molecular weight is 250 g/mol. The van der Waals surface area contributed by atoms with Crippen molar-refractivity contribution in [3.63, 3.8) is 0 Å². The standard InChI is InChI=1S/C6H3F5O3S/c7-4(8)2-1-3-5(9,6(4,10)11)15(12,13)14-3/h1H,2H2. The van der Waals surface area contributed by atoms with Crippen LogP contribution in [0.3, 0.4) is 0 Å². The lowest BCUT2D eigenvalue weighted by Crippen LogP contribution is -2.68. The fourth-order valence-electron chi connectivity index (χ4n) is 1.38. The first-order valence-corrected chi connectivity index (χ1v) is 5.06. The SMILES string of the molecule is O=S1(=O)OC2=CCC(F)(F)C(F)(F)C21F. The molecule has 0 aromatic heterocycles. The Bertz CT molecular complexity index is 453. The summed E-state index contributed by atoms with van der Waals surface area (Å²) in [5.74, 6) is -11.3. The topological polar surface area (TPSA) is 43.4 Å². The van der Waals surface area contributed by atoms with Gasteiger partial charge in [0.25, 0.3) is 0 Å². The quantitative estimate of drug-likeness (QED) is 0.484. The number of fused-ring (bicyclic) bond motifs is 1. The van der Waals surface area contributed by atoms with Crippen molar-refractivity contribution >= 4 is 10.1 Å². The molecule has 0 saturated carbocycles. The Morgan fingerprint density at radius 1 is 1.20 bits per heavy atom. The molecule has 1 saturated heterocycles. The first-order valence-electron chi connectivity index (χ1n) is 3.65. The Morgan fingerprint density at radius 3 is 2.13 bits per heavy atom. The molecule has 1 atom stereocenters. The van der Waals surface area contributed by atoms with Gasteiger partial charge in [0.2, 0.25) is 0 Å². The van der Waals surface area contributed by atoms with Gasteiger partial charge in [-0.1, -0.05) is 0 Å². The molecule has 1 aliphatic carbocycles. The maximum atomic E-state index is 13.4. The summed E-state index contributed by atoms with van der Waals surface area (Å²) in [7, 11) is -5.33. The predicted molar refractivity (Wildman–Crippen MR) is 36.4 cm³/mol. The van der Waals surface area contributed by atoms with E-state index in [1.165, 1.54) is 0 Å². The molecule has 2 aliphatic rings. The predicted octanol–water partition coefficient (Wildman–Crippen LogP) is 1.57. The Labute approximate surface area is 80.6 Å². The highest BCUT2D eigenvalue weighted by atomic mass is 32.2. The van der Waals surface area contributed by atoms with E-state index in [0.29, 0.717) is 6.08 Å². The molecule has 1 heterocycles. The summed E-state index contributed by atoms with van der Waals surface area (Å²) in [5, 5.41) is -4.43. The van der Waals surface area contributed by atoms with Crippen LogP contribution in [0.1, 0.15) is 6.42 Å². The minimum Gasteiger partial charge on any atom is -0.379 e. The molecule has 86 valence electrons. The molecule has 1 unspecified atom stereocenters. The van der Waals surface area contributed by atoms with Crippen LogP contribution in [0, 0.1) is 0 Å². The van der Waals surface area contributed by atoms with Crippen LogP contribution in [0.25, 0.3) is 0 Å². The fourth-order valence-corrected chi connectivity index (χ4v) is 2.63. The first-order chi connectivity index (χ1) is 6.56. The third-order valence-corrected chi connectivity index (χ3v) is 3.81. The second kappa shape index (κ2) is 2.28. The number of hydrogen-bond donors (Lipinski definition) is 0. The zero-order valence-corrected chi connectivity index (χ0v) is 7.62. The van der Waals surface area contributed by atoms with Gasteiger partial charge in [-0.05, 0) is 6.08 Å².